The summed E-state index contributed by atoms with van der Waals surface area (Å²) in [7, 11) is 3.18. The molecule has 0 saturated heterocycles. The summed E-state index contributed by atoms with van der Waals surface area (Å²) in [5.74, 6) is 1.20. The molecule has 8 nitrogen and oxygen atoms in total. The number of hydrogen-bond donors (Lipinski definition) is 2. The molecule has 0 unspecified atom stereocenters. The van der Waals surface area contributed by atoms with Gasteiger partial charge in [0, 0.05) is 23.8 Å². The molecule has 1 amide bonds. The second-order valence-corrected chi connectivity index (χ2v) is 6.40. The van der Waals surface area contributed by atoms with Crippen LogP contribution in [-0.2, 0) is 6.42 Å². The van der Waals surface area contributed by atoms with Gasteiger partial charge in [0.2, 0.25) is 5.82 Å². The highest BCUT2D eigenvalue weighted by molar-refractivity contribution is 5.90. The number of carbonyl (C=O) groups is 1. The molecule has 0 aliphatic heterocycles. The van der Waals surface area contributed by atoms with Crippen LogP contribution in [0, 0.1) is 0 Å². The van der Waals surface area contributed by atoms with Gasteiger partial charge in [0.05, 0.1) is 14.2 Å². The zero-order valence-electron chi connectivity index (χ0n) is 16.1. The van der Waals surface area contributed by atoms with Crippen LogP contribution in [0.25, 0.3) is 22.3 Å². The van der Waals surface area contributed by atoms with Gasteiger partial charge >= 0.3 is 11.8 Å². The molecule has 4 aromatic rings. The zero-order chi connectivity index (χ0) is 20.2. The molecule has 0 aliphatic carbocycles. The highest BCUT2D eigenvalue weighted by atomic mass is 16.5. The average molecular weight is 392 g/mol. The topological polar surface area (TPSA) is 102 Å². The first kappa shape index (κ1) is 18.5. The van der Waals surface area contributed by atoms with Gasteiger partial charge in [0.15, 0.2) is 11.5 Å². The van der Waals surface area contributed by atoms with Crippen molar-refractivity contribution in [2.45, 2.75) is 6.42 Å². The highest BCUT2D eigenvalue weighted by Gasteiger charge is 2.16. The fraction of sp³-hybridized carbons (Fsp3) is 0.190. The summed E-state index contributed by atoms with van der Waals surface area (Å²) in [4.78, 5) is 19.7. The van der Waals surface area contributed by atoms with Gasteiger partial charge in [-0.05, 0) is 41.6 Å². The third-order valence-electron chi connectivity index (χ3n) is 4.58. The molecule has 0 atom stereocenters. The van der Waals surface area contributed by atoms with Crippen LogP contribution in [0.5, 0.6) is 11.5 Å². The lowest BCUT2D eigenvalue weighted by Gasteiger charge is -2.09. The molecule has 2 N–H and O–H groups in total. The largest absolute Gasteiger partial charge is 0.493 e. The number of ether oxygens (including phenoxy) is 2. The van der Waals surface area contributed by atoms with E-state index in [0.717, 1.165) is 22.0 Å². The molecular weight excluding hydrogens is 372 g/mol. The van der Waals surface area contributed by atoms with Gasteiger partial charge in [-0.1, -0.05) is 23.4 Å². The first-order valence-electron chi connectivity index (χ1n) is 9.08. The normalized spacial score (nSPS) is 10.8. The molecule has 0 fully saturated rings. The first-order valence-corrected chi connectivity index (χ1v) is 9.08. The van der Waals surface area contributed by atoms with Crippen LogP contribution >= 0.6 is 0 Å². The molecule has 4 rings (SSSR count). The van der Waals surface area contributed by atoms with E-state index < -0.39 is 5.91 Å². The highest BCUT2D eigenvalue weighted by Crippen LogP contribution is 2.27. The fourth-order valence-electron chi connectivity index (χ4n) is 3.05. The van der Waals surface area contributed by atoms with E-state index in [2.05, 4.69) is 20.4 Å². The number of benzene rings is 2. The number of amides is 1. The Kier molecular flexibility index (Phi) is 5.15. The van der Waals surface area contributed by atoms with Crippen molar-refractivity contribution in [3.63, 3.8) is 0 Å². The van der Waals surface area contributed by atoms with E-state index in [0.29, 0.717) is 30.3 Å². The Balaban J connectivity index is 1.38. The molecular formula is C21H20N4O4. The standard InChI is InChI=1S/C21H20N4O4/c1-27-17-6-3-13(11-18(17)28-2)7-9-23-20(26)21-24-19(25-29-21)15-5-4-14-8-10-22-16(14)12-15/h3-6,8,10-12,22H,7,9H2,1-2H3,(H,23,26). The summed E-state index contributed by atoms with van der Waals surface area (Å²) >= 11 is 0. The quantitative estimate of drug-likeness (QED) is 0.501. The maximum atomic E-state index is 12.3. The van der Waals surface area contributed by atoms with Crippen molar-refractivity contribution in [3.05, 3.63) is 60.1 Å². The van der Waals surface area contributed by atoms with Crippen LogP contribution in [0.3, 0.4) is 0 Å². The minimum atomic E-state index is -0.412. The second-order valence-electron chi connectivity index (χ2n) is 6.40. The van der Waals surface area contributed by atoms with Crippen molar-refractivity contribution < 1.29 is 18.8 Å². The number of carbonyl (C=O) groups excluding carboxylic acids is 1. The number of rotatable bonds is 7. The van der Waals surface area contributed by atoms with E-state index in [1.807, 2.05) is 48.7 Å². The van der Waals surface area contributed by atoms with Crippen molar-refractivity contribution in [1.82, 2.24) is 20.4 Å². The Morgan fingerprint density at radius 1 is 1.10 bits per heavy atom. The van der Waals surface area contributed by atoms with Crippen LogP contribution < -0.4 is 14.8 Å². The number of methoxy groups -OCH3 is 2. The molecule has 0 radical (unpaired) electrons. The molecule has 0 bridgehead atoms. The number of aromatic amines is 1. The van der Waals surface area contributed by atoms with Gasteiger partial charge in [-0.15, -0.1) is 0 Å². The summed E-state index contributed by atoms with van der Waals surface area (Å²) in [6.07, 6.45) is 2.48. The van der Waals surface area contributed by atoms with Crippen molar-refractivity contribution in [3.8, 4) is 22.9 Å². The van der Waals surface area contributed by atoms with Crippen molar-refractivity contribution >= 4 is 16.8 Å². The minimum absolute atomic E-state index is 0.0705. The molecule has 0 saturated carbocycles. The SMILES string of the molecule is COc1ccc(CCNC(=O)c2nc(-c3ccc4cc[nH]c4c3)no2)cc1OC. The van der Waals surface area contributed by atoms with Crippen LogP contribution in [0.1, 0.15) is 16.2 Å². The summed E-state index contributed by atoms with van der Waals surface area (Å²) in [6, 6.07) is 13.4. The van der Waals surface area contributed by atoms with Gasteiger partial charge in [0.25, 0.3) is 0 Å². The molecule has 2 heterocycles. The monoisotopic (exact) mass is 392 g/mol. The van der Waals surface area contributed by atoms with Crippen LogP contribution in [0.15, 0.2) is 53.2 Å². The Hall–Kier alpha value is -3.81. The maximum Gasteiger partial charge on any atom is 0.316 e. The lowest BCUT2D eigenvalue weighted by molar-refractivity contribution is 0.0910. The summed E-state index contributed by atoms with van der Waals surface area (Å²) in [5, 5.41) is 7.79. The van der Waals surface area contributed by atoms with E-state index in [9.17, 15) is 4.79 Å². The third kappa shape index (κ3) is 3.91. The number of nitrogens with zero attached hydrogens (tertiary/aromatic N) is 2. The Morgan fingerprint density at radius 2 is 1.97 bits per heavy atom. The second kappa shape index (κ2) is 8.05. The van der Waals surface area contributed by atoms with E-state index >= 15 is 0 Å². The smallest absolute Gasteiger partial charge is 0.316 e. The van der Waals surface area contributed by atoms with Crippen LogP contribution in [0.4, 0.5) is 0 Å². The number of nitrogens with one attached hydrogen (secondary N) is 2. The van der Waals surface area contributed by atoms with Crippen LogP contribution in [0.2, 0.25) is 0 Å². The molecule has 2 aromatic heterocycles. The lowest BCUT2D eigenvalue weighted by Crippen LogP contribution is -2.26. The summed E-state index contributed by atoms with van der Waals surface area (Å²) in [5.41, 5.74) is 2.75. The maximum absolute atomic E-state index is 12.3. The van der Waals surface area contributed by atoms with Gasteiger partial charge in [-0.2, -0.15) is 4.98 Å². The molecule has 8 heteroatoms. The van der Waals surface area contributed by atoms with Gasteiger partial charge < -0.3 is 24.3 Å². The number of fused-ring (bicyclic) bond motifs is 1. The van der Waals surface area contributed by atoms with Gasteiger partial charge in [-0.3, -0.25) is 4.79 Å². The van der Waals surface area contributed by atoms with E-state index in [4.69, 9.17) is 14.0 Å². The van der Waals surface area contributed by atoms with E-state index in [-0.39, 0.29) is 5.89 Å². The molecule has 2 aromatic carbocycles. The Labute approximate surface area is 166 Å². The number of H-pyrrole nitrogens is 1. The van der Waals surface area contributed by atoms with Gasteiger partial charge in [-0.25, -0.2) is 0 Å². The summed E-state index contributed by atoms with van der Waals surface area (Å²) in [6.45, 7) is 0.417. The summed E-state index contributed by atoms with van der Waals surface area (Å²) < 4.78 is 15.6. The molecule has 29 heavy (non-hydrogen) atoms. The Bertz CT molecular complexity index is 1150. The molecule has 0 aliphatic rings. The van der Waals surface area contributed by atoms with Gasteiger partial charge in [0.1, 0.15) is 0 Å². The molecule has 148 valence electrons. The molecule has 0 spiro atoms. The van der Waals surface area contributed by atoms with Crippen molar-refractivity contribution in [2.24, 2.45) is 0 Å². The first-order chi connectivity index (χ1) is 14.2. The van der Waals surface area contributed by atoms with E-state index in [1.54, 1.807) is 14.2 Å². The predicted octanol–water partition coefficient (Wildman–Crippen LogP) is 3.21. The minimum Gasteiger partial charge on any atom is -0.493 e. The number of hydrogen-bond acceptors (Lipinski definition) is 6. The number of aromatic nitrogens is 3. The predicted molar refractivity (Wildman–Crippen MR) is 107 cm³/mol. The fourth-order valence-corrected chi connectivity index (χ4v) is 3.05. The van der Waals surface area contributed by atoms with Crippen LogP contribution in [-0.4, -0.2) is 41.8 Å². The van der Waals surface area contributed by atoms with Crippen molar-refractivity contribution in [2.75, 3.05) is 20.8 Å². The van der Waals surface area contributed by atoms with Crippen molar-refractivity contribution in [1.29, 1.82) is 0 Å². The van der Waals surface area contributed by atoms with E-state index in [1.165, 1.54) is 0 Å². The average Bonchev–Trinajstić information content (AvgIpc) is 3.42. The lowest BCUT2D eigenvalue weighted by atomic mass is 10.1. The third-order valence-corrected chi connectivity index (χ3v) is 4.58. The zero-order valence-corrected chi connectivity index (χ0v) is 16.1. The Morgan fingerprint density at radius 3 is 2.79 bits per heavy atom.